The first-order valence-corrected chi connectivity index (χ1v) is 5.47. The number of hydrazine groups is 1. The van der Waals surface area contributed by atoms with E-state index in [1.165, 1.54) is 6.92 Å². The van der Waals surface area contributed by atoms with Crippen molar-refractivity contribution >= 4 is 5.91 Å². The zero-order valence-electron chi connectivity index (χ0n) is 10.2. The lowest BCUT2D eigenvalue weighted by Crippen LogP contribution is -2.38. The van der Waals surface area contributed by atoms with Crippen LogP contribution in [-0.2, 0) is 11.2 Å². The summed E-state index contributed by atoms with van der Waals surface area (Å²) in [5.74, 6) is 1.08. The second-order valence-electron chi connectivity index (χ2n) is 4.67. The predicted molar refractivity (Wildman–Crippen MR) is 62.4 cm³/mol. The molecule has 1 aliphatic rings. The van der Waals surface area contributed by atoms with Crippen LogP contribution in [0.4, 0.5) is 0 Å². The van der Waals surface area contributed by atoms with Crippen LogP contribution in [0.5, 0.6) is 11.5 Å². The van der Waals surface area contributed by atoms with Crippen LogP contribution < -0.4 is 20.6 Å². The highest BCUT2D eigenvalue weighted by Crippen LogP contribution is 2.41. The van der Waals surface area contributed by atoms with Gasteiger partial charge in [0.15, 0.2) is 11.5 Å². The Morgan fingerprint density at radius 3 is 2.94 bits per heavy atom. The fourth-order valence-corrected chi connectivity index (χ4v) is 1.82. The molecule has 0 fully saturated rings. The molecule has 5 nitrogen and oxygen atoms in total. The molecule has 5 heteroatoms. The normalized spacial score (nSPS) is 15.9. The van der Waals surface area contributed by atoms with E-state index in [1.807, 2.05) is 26.0 Å². The molecule has 0 saturated heterocycles. The summed E-state index contributed by atoms with van der Waals surface area (Å²) in [4.78, 5) is 15.9. The molecule has 0 unspecified atom stereocenters. The molecule has 0 saturated carbocycles. The minimum absolute atomic E-state index is 0.212. The smallest absolute Gasteiger partial charge is 0.233 e. The highest BCUT2D eigenvalue weighted by Gasteiger charge is 2.32. The van der Waals surface area contributed by atoms with Crippen LogP contribution >= 0.6 is 0 Å². The Morgan fingerprint density at radius 2 is 2.24 bits per heavy atom. The van der Waals surface area contributed by atoms with Crippen LogP contribution in [0.3, 0.4) is 0 Å². The lowest BCUT2D eigenvalue weighted by atomic mass is 10.0. The van der Waals surface area contributed by atoms with E-state index in [-0.39, 0.29) is 11.5 Å². The van der Waals surface area contributed by atoms with Crippen LogP contribution in [-0.4, -0.2) is 11.5 Å². The largest absolute Gasteiger partial charge is 0.483 e. The average molecular weight is 236 g/mol. The Kier molecular flexibility index (Phi) is 2.93. The van der Waals surface area contributed by atoms with Crippen LogP contribution in [0.2, 0.25) is 0 Å². The number of amides is 1. The van der Waals surface area contributed by atoms with Gasteiger partial charge in [0.05, 0.1) is 0 Å². The number of hydrogen-bond donors (Lipinski definition) is 2. The summed E-state index contributed by atoms with van der Waals surface area (Å²) in [6.45, 7) is 5.45. The number of carbonyl (C=O) groups excluding carboxylic acids is 1. The first-order valence-electron chi connectivity index (χ1n) is 5.47. The molecule has 0 bridgehead atoms. The molecule has 2 N–H and O–H groups in total. The maximum atomic E-state index is 10.7. The minimum atomic E-state index is -0.223. The van der Waals surface area contributed by atoms with Crippen molar-refractivity contribution in [2.24, 2.45) is 0 Å². The average Bonchev–Trinajstić information content (AvgIpc) is 2.52. The molecule has 0 atom stereocenters. The number of rotatable bonds is 3. The summed E-state index contributed by atoms with van der Waals surface area (Å²) >= 11 is 0. The fraction of sp³-hybridized carbons (Fsp3) is 0.417. The van der Waals surface area contributed by atoms with E-state index >= 15 is 0 Å². The number of carbonyl (C=O) groups is 1. The molecule has 1 aliphatic heterocycles. The molecule has 1 aromatic rings. The van der Waals surface area contributed by atoms with Gasteiger partial charge in [-0.15, -0.1) is 0 Å². The standard InChI is InChI=1S/C12H16N2O3/c1-8(15)13-14-17-10-6-4-5-9-7-12(2,3)16-11(9)10/h4-6,14H,7H2,1-3H3,(H,13,15). The van der Waals surface area contributed by atoms with Gasteiger partial charge in [0, 0.05) is 18.9 Å². The van der Waals surface area contributed by atoms with Gasteiger partial charge in [-0.1, -0.05) is 17.7 Å². The quantitative estimate of drug-likeness (QED) is 0.777. The van der Waals surface area contributed by atoms with Gasteiger partial charge in [-0.25, -0.2) is 0 Å². The molecule has 1 aromatic carbocycles. The van der Waals surface area contributed by atoms with Crippen molar-refractivity contribution in [1.82, 2.24) is 11.0 Å². The number of fused-ring (bicyclic) bond motifs is 1. The van der Waals surface area contributed by atoms with Crippen molar-refractivity contribution in [3.63, 3.8) is 0 Å². The molecular formula is C12H16N2O3. The highest BCUT2D eigenvalue weighted by atomic mass is 16.7. The number of para-hydroxylation sites is 1. The zero-order chi connectivity index (χ0) is 12.5. The second kappa shape index (κ2) is 4.25. The molecule has 0 spiro atoms. The van der Waals surface area contributed by atoms with E-state index < -0.39 is 0 Å². The van der Waals surface area contributed by atoms with Crippen molar-refractivity contribution in [1.29, 1.82) is 0 Å². The van der Waals surface area contributed by atoms with Gasteiger partial charge in [0.25, 0.3) is 0 Å². The Balaban J connectivity index is 2.10. The van der Waals surface area contributed by atoms with Crippen LogP contribution in [0.1, 0.15) is 26.3 Å². The molecule has 92 valence electrons. The Morgan fingerprint density at radius 1 is 1.47 bits per heavy atom. The van der Waals surface area contributed by atoms with Crippen LogP contribution in [0, 0.1) is 0 Å². The topological polar surface area (TPSA) is 59.6 Å². The molecule has 0 aliphatic carbocycles. The molecule has 0 aromatic heterocycles. The van der Waals surface area contributed by atoms with E-state index in [2.05, 4.69) is 11.0 Å². The van der Waals surface area contributed by atoms with E-state index in [9.17, 15) is 4.79 Å². The third-order valence-corrected chi connectivity index (χ3v) is 2.44. The van der Waals surface area contributed by atoms with Crippen molar-refractivity contribution in [3.8, 4) is 11.5 Å². The summed E-state index contributed by atoms with van der Waals surface area (Å²) < 4.78 is 5.81. The summed E-state index contributed by atoms with van der Waals surface area (Å²) in [5, 5.41) is 0. The maximum absolute atomic E-state index is 10.7. The molecule has 2 rings (SSSR count). The SMILES string of the molecule is CC(=O)NNOc1cccc2c1OC(C)(C)C2. The number of ether oxygens (including phenoxy) is 1. The van der Waals surface area contributed by atoms with Crippen molar-refractivity contribution < 1.29 is 14.4 Å². The van der Waals surface area contributed by atoms with E-state index in [0.29, 0.717) is 5.75 Å². The van der Waals surface area contributed by atoms with E-state index in [1.54, 1.807) is 6.07 Å². The Labute approximate surface area is 100 Å². The third kappa shape index (κ3) is 2.68. The van der Waals surface area contributed by atoms with Crippen molar-refractivity contribution in [3.05, 3.63) is 23.8 Å². The zero-order valence-corrected chi connectivity index (χ0v) is 10.2. The molecule has 1 amide bonds. The van der Waals surface area contributed by atoms with Crippen molar-refractivity contribution in [2.75, 3.05) is 0 Å². The minimum Gasteiger partial charge on any atom is -0.483 e. The van der Waals surface area contributed by atoms with Gasteiger partial charge in [-0.05, 0) is 19.9 Å². The van der Waals surface area contributed by atoms with Gasteiger partial charge in [-0.3, -0.25) is 10.2 Å². The van der Waals surface area contributed by atoms with Gasteiger partial charge >= 0.3 is 0 Å². The van der Waals surface area contributed by atoms with Gasteiger partial charge < -0.3 is 9.57 Å². The molecule has 0 radical (unpaired) electrons. The summed E-state index contributed by atoms with van der Waals surface area (Å²) in [7, 11) is 0. The van der Waals surface area contributed by atoms with E-state index in [4.69, 9.17) is 9.57 Å². The second-order valence-corrected chi connectivity index (χ2v) is 4.67. The predicted octanol–water partition coefficient (Wildman–Crippen LogP) is 1.33. The maximum Gasteiger partial charge on any atom is 0.233 e. The number of nitrogens with one attached hydrogen (secondary N) is 2. The summed E-state index contributed by atoms with van der Waals surface area (Å²) in [5.41, 5.74) is 5.61. The van der Waals surface area contributed by atoms with E-state index in [0.717, 1.165) is 17.7 Å². The summed E-state index contributed by atoms with van der Waals surface area (Å²) in [6.07, 6.45) is 0.847. The van der Waals surface area contributed by atoms with Crippen LogP contribution in [0.25, 0.3) is 0 Å². The Hall–Kier alpha value is -1.75. The molecule has 1 heterocycles. The van der Waals surface area contributed by atoms with Crippen molar-refractivity contribution in [2.45, 2.75) is 32.8 Å². The number of benzene rings is 1. The molecular weight excluding hydrogens is 220 g/mol. The molecule has 17 heavy (non-hydrogen) atoms. The first-order chi connectivity index (χ1) is 7.98. The fourth-order valence-electron chi connectivity index (χ4n) is 1.82. The van der Waals surface area contributed by atoms with Gasteiger partial charge in [0.2, 0.25) is 5.91 Å². The lowest BCUT2D eigenvalue weighted by Gasteiger charge is -2.18. The van der Waals surface area contributed by atoms with Crippen LogP contribution in [0.15, 0.2) is 18.2 Å². The monoisotopic (exact) mass is 236 g/mol. The third-order valence-electron chi connectivity index (χ3n) is 2.44. The Bertz CT molecular complexity index is 443. The van der Waals surface area contributed by atoms with Gasteiger partial charge in [-0.2, -0.15) is 0 Å². The lowest BCUT2D eigenvalue weighted by molar-refractivity contribution is -0.122. The highest BCUT2D eigenvalue weighted by molar-refractivity contribution is 5.72. The first kappa shape index (κ1) is 11.7. The number of hydrogen-bond acceptors (Lipinski definition) is 4. The van der Waals surface area contributed by atoms with Gasteiger partial charge in [0.1, 0.15) is 5.60 Å². The summed E-state index contributed by atoms with van der Waals surface area (Å²) in [6, 6.07) is 5.69.